The zero-order chi connectivity index (χ0) is 14.4. The van der Waals surface area contributed by atoms with Gasteiger partial charge in [-0.3, -0.25) is 14.4 Å². The van der Waals surface area contributed by atoms with Gasteiger partial charge >= 0.3 is 5.97 Å². The molecule has 1 rings (SSSR count). The lowest BCUT2D eigenvalue weighted by Gasteiger charge is -2.35. The predicted octanol–water partition coefficient (Wildman–Crippen LogP) is -0.397. The van der Waals surface area contributed by atoms with Crippen molar-refractivity contribution in [3.63, 3.8) is 0 Å². The number of rotatable bonds is 5. The van der Waals surface area contributed by atoms with Gasteiger partial charge in [0.1, 0.15) is 6.04 Å². The van der Waals surface area contributed by atoms with Crippen molar-refractivity contribution in [1.29, 1.82) is 0 Å². The first-order valence-electron chi connectivity index (χ1n) is 6.31. The van der Waals surface area contributed by atoms with Crippen molar-refractivity contribution in [1.82, 2.24) is 10.2 Å². The molecule has 7 heteroatoms. The van der Waals surface area contributed by atoms with Crippen molar-refractivity contribution in [3.8, 4) is 0 Å². The summed E-state index contributed by atoms with van der Waals surface area (Å²) in [6, 6.07) is -0.692. The lowest BCUT2D eigenvalue weighted by atomic mass is 10.1. The lowest BCUT2D eigenvalue weighted by Crippen LogP contribution is -2.56. The van der Waals surface area contributed by atoms with Crippen molar-refractivity contribution in [2.45, 2.75) is 38.8 Å². The highest BCUT2D eigenvalue weighted by molar-refractivity contribution is 5.89. The molecule has 0 spiro atoms. The zero-order valence-electron chi connectivity index (χ0n) is 11.2. The molecule has 1 unspecified atom stereocenters. The molecule has 0 aromatic rings. The van der Waals surface area contributed by atoms with E-state index in [1.165, 1.54) is 4.90 Å². The minimum Gasteiger partial charge on any atom is -0.481 e. The molecule has 1 aliphatic rings. The third-order valence-electron chi connectivity index (χ3n) is 2.74. The van der Waals surface area contributed by atoms with Crippen LogP contribution in [0.4, 0.5) is 0 Å². The number of ether oxygens (including phenoxy) is 1. The summed E-state index contributed by atoms with van der Waals surface area (Å²) >= 11 is 0. The molecular formula is C12H20N2O5. The second-order valence-corrected chi connectivity index (χ2v) is 4.73. The number of carboxylic acids is 1. The highest BCUT2D eigenvalue weighted by atomic mass is 16.5. The molecule has 0 aromatic carbocycles. The summed E-state index contributed by atoms with van der Waals surface area (Å²) in [6.07, 6.45) is -0.324. The number of carboxylic acid groups (broad SMARTS) is 1. The van der Waals surface area contributed by atoms with Crippen LogP contribution < -0.4 is 5.32 Å². The average molecular weight is 272 g/mol. The number of carbonyl (C=O) groups is 3. The van der Waals surface area contributed by atoms with Gasteiger partial charge in [-0.2, -0.15) is 0 Å². The number of aliphatic carboxylic acids is 1. The van der Waals surface area contributed by atoms with Gasteiger partial charge in [0.05, 0.1) is 19.6 Å². The Morgan fingerprint density at radius 3 is 2.63 bits per heavy atom. The summed E-state index contributed by atoms with van der Waals surface area (Å²) in [4.78, 5) is 35.8. The third kappa shape index (κ3) is 4.86. The van der Waals surface area contributed by atoms with E-state index in [9.17, 15) is 14.4 Å². The molecule has 0 aromatic heterocycles. The van der Waals surface area contributed by atoms with E-state index in [-0.39, 0.29) is 37.3 Å². The van der Waals surface area contributed by atoms with Gasteiger partial charge in [-0.15, -0.1) is 0 Å². The van der Waals surface area contributed by atoms with Crippen LogP contribution in [0.15, 0.2) is 0 Å². The fraction of sp³-hybridized carbons (Fsp3) is 0.750. The number of morpholine rings is 1. The largest absolute Gasteiger partial charge is 0.481 e. The summed E-state index contributed by atoms with van der Waals surface area (Å²) in [7, 11) is 0. The van der Waals surface area contributed by atoms with Crippen LogP contribution in [0, 0.1) is 0 Å². The van der Waals surface area contributed by atoms with Crippen molar-refractivity contribution in [2.24, 2.45) is 0 Å². The fourth-order valence-electron chi connectivity index (χ4n) is 1.86. The van der Waals surface area contributed by atoms with Crippen LogP contribution in [-0.4, -0.2) is 59.6 Å². The number of hydrogen-bond acceptors (Lipinski definition) is 4. The van der Waals surface area contributed by atoms with Crippen LogP contribution >= 0.6 is 0 Å². The first-order valence-corrected chi connectivity index (χ1v) is 6.31. The highest BCUT2D eigenvalue weighted by Gasteiger charge is 2.32. The summed E-state index contributed by atoms with van der Waals surface area (Å²) in [5, 5.41) is 11.3. The van der Waals surface area contributed by atoms with Crippen molar-refractivity contribution in [2.75, 3.05) is 19.8 Å². The maximum Gasteiger partial charge on any atom is 0.303 e. The van der Waals surface area contributed by atoms with Crippen LogP contribution in [0.2, 0.25) is 0 Å². The Balaban J connectivity index is 2.63. The van der Waals surface area contributed by atoms with Gasteiger partial charge < -0.3 is 20.1 Å². The molecule has 1 heterocycles. The molecule has 0 radical (unpaired) electrons. The molecule has 2 amide bonds. The van der Waals surface area contributed by atoms with Crippen LogP contribution in [0.1, 0.15) is 26.7 Å². The summed E-state index contributed by atoms with van der Waals surface area (Å²) < 4.78 is 5.22. The van der Waals surface area contributed by atoms with E-state index in [0.29, 0.717) is 13.2 Å². The lowest BCUT2D eigenvalue weighted by molar-refractivity contribution is -0.150. The van der Waals surface area contributed by atoms with Gasteiger partial charge in [-0.05, 0) is 13.8 Å². The Hall–Kier alpha value is -1.63. The predicted molar refractivity (Wildman–Crippen MR) is 66.5 cm³/mol. The number of carbonyl (C=O) groups excluding carboxylic acids is 2. The monoisotopic (exact) mass is 272 g/mol. The Morgan fingerprint density at radius 2 is 2.05 bits per heavy atom. The smallest absolute Gasteiger partial charge is 0.303 e. The van der Waals surface area contributed by atoms with E-state index in [2.05, 4.69) is 5.32 Å². The number of amides is 2. The first kappa shape index (κ1) is 15.4. The van der Waals surface area contributed by atoms with Gasteiger partial charge in [0, 0.05) is 19.0 Å². The van der Waals surface area contributed by atoms with Gasteiger partial charge in [-0.25, -0.2) is 0 Å². The summed E-state index contributed by atoms with van der Waals surface area (Å²) in [5.41, 5.74) is 0. The second kappa shape index (κ2) is 7.08. The van der Waals surface area contributed by atoms with Crippen molar-refractivity contribution < 1.29 is 24.2 Å². The molecule has 19 heavy (non-hydrogen) atoms. The molecule has 0 saturated carbocycles. The van der Waals surface area contributed by atoms with Gasteiger partial charge in [0.25, 0.3) is 0 Å². The zero-order valence-corrected chi connectivity index (χ0v) is 11.2. The molecule has 0 bridgehead atoms. The van der Waals surface area contributed by atoms with Gasteiger partial charge in [-0.1, -0.05) is 0 Å². The van der Waals surface area contributed by atoms with E-state index in [4.69, 9.17) is 9.84 Å². The third-order valence-corrected chi connectivity index (χ3v) is 2.74. The van der Waals surface area contributed by atoms with E-state index in [1.807, 2.05) is 13.8 Å². The van der Waals surface area contributed by atoms with Crippen molar-refractivity contribution >= 4 is 17.8 Å². The molecule has 108 valence electrons. The van der Waals surface area contributed by atoms with Crippen LogP contribution in [0.3, 0.4) is 0 Å². The summed E-state index contributed by atoms with van der Waals surface area (Å²) in [6.45, 7) is 4.49. The Kier molecular flexibility index (Phi) is 5.75. The van der Waals surface area contributed by atoms with Crippen LogP contribution in [0.5, 0.6) is 0 Å². The second-order valence-electron chi connectivity index (χ2n) is 4.73. The molecule has 1 fully saturated rings. The molecule has 2 N–H and O–H groups in total. The molecule has 1 atom stereocenters. The van der Waals surface area contributed by atoms with E-state index < -0.39 is 12.0 Å². The fourth-order valence-corrected chi connectivity index (χ4v) is 1.86. The van der Waals surface area contributed by atoms with E-state index >= 15 is 0 Å². The molecule has 1 saturated heterocycles. The molecule has 7 nitrogen and oxygen atoms in total. The van der Waals surface area contributed by atoms with E-state index in [1.54, 1.807) is 0 Å². The normalized spacial score (nSPS) is 19.3. The SMILES string of the molecule is CC(C)NC(=O)C1COCCN1C(=O)CCC(=O)O. The summed E-state index contributed by atoms with van der Waals surface area (Å²) in [5.74, 6) is -1.61. The highest BCUT2D eigenvalue weighted by Crippen LogP contribution is 2.10. The topological polar surface area (TPSA) is 95.9 Å². The standard InChI is InChI=1S/C12H20N2O5/c1-8(2)13-12(18)9-7-19-6-5-14(9)10(15)3-4-11(16)17/h8-9H,3-7H2,1-2H3,(H,13,18)(H,16,17). The van der Waals surface area contributed by atoms with Crippen LogP contribution in [0.25, 0.3) is 0 Å². The molecular weight excluding hydrogens is 252 g/mol. The first-order chi connectivity index (χ1) is 8.91. The Bertz CT molecular complexity index is 356. The van der Waals surface area contributed by atoms with Crippen molar-refractivity contribution in [3.05, 3.63) is 0 Å². The van der Waals surface area contributed by atoms with E-state index in [0.717, 1.165) is 0 Å². The maximum atomic E-state index is 12.0. The molecule has 0 aliphatic carbocycles. The van der Waals surface area contributed by atoms with Gasteiger partial charge in [0.2, 0.25) is 11.8 Å². The number of nitrogens with one attached hydrogen (secondary N) is 1. The average Bonchev–Trinajstić information content (AvgIpc) is 2.35. The van der Waals surface area contributed by atoms with Gasteiger partial charge in [0.15, 0.2) is 0 Å². The minimum atomic E-state index is -1.02. The van der Waals surface area contributed by atoms with Crippen LogP contribution in [-0.2, 0) is 19.1 Å². The number of hydrogen-bond donors (Lipinski definition) is 2. The number of nitrogens with zero attached hydrogens (tertiary/aromatic N) is 1. The Labute approximate surface area is 111 Å². The Morgan fingerprint density at radius 1 is 1.37 bits per heavy atom. The molecule has 1 aliphatic heterocycles. The minimum absolute atomic E-state index is 0.0228. The maximum absolute atomic E-state index is 12.0. The quantitative estimate of drug-likeness (QED) is 0.710.